The summed E-state index contributed by atoms with van der Waals surface area (Å²) >= 11 is 0. The smallest absolute Gasteiger partial charge is 0.306 e. The molecule has 0 aliphatic rings. The summed E-state index contributed by atoms with van der Waals surface area (Å²) < 4.78 is 4.65. The first-order valence-corrected chi connectivity index (χ1v) is 6.57. The van der Waals surface area contributed by atoms with Crippen LogP contribution in [0.5, 0.6) is 0 Å². The van der Waals surface area contributed by atoms with Gasteiger partial charge in [0.1, 0.15) is 0 Å². The zero-order chi connectivity index (χ0) is 14.2. The van der Waals surface area contributed by atoms with Crippen LogP contribution in [-0.2, 0) is 9.53 Å². The molecule has 1 N–H and O–H groups in total. The van der Waals surface area contributed by atoms with Gasteiger partial charge in [0, 0.05) is 12.7 Å². The number of hydrogen-bond acceptors (Lipinski definition) is 4. The lowest BCUT2D eigenvalue weighted by Crippen LogP contribution is -2.26. The van der Waals surface area contributed by atoms with E-state index in [1.165, 1.54) is 7.11 Å². The second-order valence-electron chi connectivity index (χ2n) is 4.38. The van der Waals surface area contributed by atoms with Gasteiger partial charge in [0.15, 0.2) is 0 Å². The number of methoxy groups -OCH3 is 1. The first-order valence-electron chi connectivity index (χ1n) is 6.57. The third kappa shape index (κ3) is 3.90. The summed E-state index contributed by atoms with van der Waals surface area (Å²) in [4.78, 5) is 15.6. The summed E-state index contributed by atoms with van der Waals surface area (Å²) in [6.07, 6.45) is 2.11. The van der Waals surface area contributed by atoms with E-state index in [-0.39, 0.29) is 12.0 Å². The second-order valence-corrected chi connectivity index (χ2v) is 4.38. The summed E-state index contributed by atoms with van der Waals surface area (Å²) in [5.41, 5.74) is 2.06. The normalized spacial score (nSPS) is 11.8. The molecule has 0 fully saturated rings. The van der Waals surface area contributed by atoms with Crippen LogP contribution in [0.25, 0.3) is 0 Å². The number of rotatable bonds is 6. The molecule has 0 aliphatic carbocycles. The zero-order valence-corrected chi connectivity index (χ0v) is 11.5. The van der Waals surface area contributed by atoms with E-state index in [0.29, 0.717) is 13.0 Å². The summed E-state index contributed by atoms with van der Waals surface area (Å²) in [7, 11) is 1.40. The first kappa shape index (κ1) is 14.2. The summed E-state index contributed by atoms with van der Waals surface area (Å²) in [6, 6.07) is 15.9. The standard InChI is InChI=1S/C16H18N2O2/c1-20-15(19)10-12-18-16(13-7-3-2-4-8-13)14-9-5-6-11-17-14/h2-9,11,16,18H,10,12H2,1H3. The van der Waals surface area contributed by atoms with Gasteiger partial charge in [-0.3, -0.25) is 9.78 Å². The molecule has 20 heavy (non-hydrogen) atoms. The molecule has 2 rings (SSSR count). The first-order chi connectivity index (χ1) is 9.81. The monoisotopic (exact) mass is 270 g/mol. The summed E-state index contributed by atoms with van der Waals surface area (Å²) in [6.45, 7) is 0.544. The highest BCUT2D eigenvalue weighted by atomic mass is 16.5. The lowest BCUT2D eigenvalue weighted by atomic mass is 10.0. The van der Waals surface area contributed by atoms with Crippen LogP contribution < -0.4 is 5.32 Å². The van der Waals surface area contributed by atoms with Gasteiger partial charge in [-0.2, -0.15) is 0 Å². The Labute approximate surface area is 118 Å². The molecule has 0 spiro atoms. The van der Waals surface area contributed by atoms with E-state index in [4.69, 9.17) is 0 Å². The van der Waals surface area contributed by atoms with E-state index in [1.54, 1.807) is 6.20 Å². The molecule has 1 atom stereocenters. The zero-order valence-electron chi connectivity index (χ0n) is 11.5. The van der Waals surface area contributed by atoms with Crippen molar-refractivity contribution >= 4 is 5.97 Å². The Balaban J connectivity index is 2.11. The highest BCUT2D eigenvalue weighted by Crippen LogP contribution is 2.19. The Morgan fingerprint density at radius 1 is 1.20 bits per heavy atom. The highest BCUT2D eigenvalue weighted by molar-refractivity contribution is 5.69. The van der Waals surface area contributed by atoms with Crippen LogP contribution in [0, 0.1) is 0 Å². The number of hydrogen-bond donors (Lipinski definition) is 1. The van der Waals surface area contributed by atoms with E-state index in [1.807, 2.05) is 48.5 Å². The van der Waals surface area contributed by atoms with Crippen LogP contribution in [0.4, 0.5) is 0 Å². The quantitative estimate of drug-likeness (QED) is 0.818. The molecule has 2 aromatic rings. The molecule has 0 bridgehead atoms. The van der Waals surface area contributed by atoms with Gasteiger partial charge in [0.2, 0.25) is 0 Å². The van der Waals surface area contributed by atoms with Crippen LogP contribution >= 0.6 is 0 Å². The van der Waals surface area contributed by atoms with Crippen LogP contribution in [0.2, 0.25) is 0 Å². The molecule has 1 aromatic carbocycles. The number of carbonyl (C=O) groups is 1. The van der Waals surface area contributed by atoms with Crippen molar-refractivity contribution in [3.05, 3.63) is 66.0 Å². The maximum Gasteiger partial charge on any atom is 0.306 e. The Bertz CT molecular complexity index is 489. The van der Waals surface area contributed by atoms with Crippen LogP contribution in [0.1, 0.15) is 23.7 Å². The van der Waals surface area contributed by atoms with Crippen molar-refractivity contribution in [2.75, 3.05) is 13.7 Å². The Morgan fingerprint density at radius 2 is 1.95 bits per heavy atom. The molecule has 4 nitrogen and oxygen atoms in total. The average Bonchev–Trinajstić information content (AvgIpc) is 2.53. The number of esters is 1. The maximum absolute atomic E-state index is 11.2. The maximum atomic E-state index is 11.2. The minimum Gasteiger partial charge on any atom is -0.469 e. The van der Waals surface area contributed by atoms with Crippen molar-refractivity contribution in [3.63, 3.8) is 0 Å². The molecule has 0 saturated heterocycles. The Morgan fingerprint density at radius 3 is 2.60 bits per heavy atom. The van der Waals surface area contributed by atoms with Crippen molar-refractivity contribution in [2.24, 2.45) is 0 Å². The lowest BCUT2D eigenvalue weighted by Gasteiger charge is -2.18. The number of nitrogens with zero attached hydrogens (tertiary/aromatic N) is 1. The predicted molar refractivity (Wildman–Crippen MR) is 77.2 cm³/mol. The minimum absolute atomic E-state index is 0.0259. The van der Waals surface area contributed by atoms with Crippen molar-refractivity contribution < 1.29 is 9.53 Å². The van der Waals surface area contributed by atoms with Gasteiger partial charge in [-0.1, -0.05) is 36.4 Å². The highest BCUT2D eigenvalue weighted by Gasteiger charge is 2.14. The van der Waals surface area contributed by atoms with Crippen molar-refractivity contribution in [2.45, 2.75) is 12.5 Å². The van der Waals surface area contributed by atoms with Gasteiger partial charge < -0.3 is 10.1 Å². The van der Waals surface area contributed by atoms with Gasteiger partial charge in [0.25, 0.3) is 0 Å². The lowest BCUT2D eigenvalue weighted by molar-refractivity contribution is -0.140. The van der Waals surface area contributed by atoms with E-state index in [2.05, 4.69) is 15.0 Å². The SMILES string of the molecule is COC(=O)CCNC(c1ccccc1)c1ccccn1. The van der Waals surface area contributed by atoms with Crippen molar-refractivity contribution in [3.8, 4) is 0 Å². The fraction of sp³-hybridized carbons (Fsp3) is 0.250. The fourth-order valence-corrected chi connectivity index (χ4v) is 2.01. The van der Waals surface area contributed by atoms with Crippen molar-refractivity contribution in [1.82, 2.24) is 10.3 Å². The number of carbonyl (C=O) groups excluding carboxylic acids is 1. The van der Waals surface area contributed by atoms with Gasteiger partial charge >= 0.3 is 5.97 Å². The molecular weight excluding hydrogens is 252 g/mol. The van der Waals surface area contributed by atoms with E-state index in [9.17, 15) is 4.79 Å². The number of benzene rings is 1. The molecule has 0 amide bonds. The van der Waals surface area contributed by atoms with Crippen LogP contribution in [0.3, 0.4) is 0 Å². The van der Waals surface area contributed by atoms with Gasteiger partial charge in [0.05, 0.1) is 25.3 Å². The number of nitrogens with one attached hydrogen (secondary N) is 1. The minimum atomic E-state index is -0.217. The number of aromatic nitrogens is 1. The molecule has 0 saturated carbocycles. The molecule has 1 heterocycles. The average molecular weight is 270 g/mol. The predicted octanol–water partition coefficient (Wildman–Crippen LogP) is 2.32. The topological polar surface area (TPSA) is 51.2 Å². The molecule has 1 aromatic heterocycles. The molecular formula is C16H18N2O2. The second kappa shape index (κ2) is 7.40. The Hall–Kier alpha value is -2.20. The van der Waals surface area contributed by atoms with E-state index in [0.717, 1.165) is 11.3 Å². The van der Waals surface area contributed by atoms with Crippen LogP contribution in [0.15, 0.2) is 54.7 Å². The molecule has 0 aliphatic heterocycles. The third-order valence-corrected chi connectivity index (χ3v) is 3.02. The molecule has 4 heteroatoms. The third-order valence-electron chi connectivity index (χ3n) is 3.02. The van der Waals surface area contributed by atoms with E-state index < -0.39 is 0 Å². The van der Waals surface area contributed by atoms with Crippen LogP contribution in [-0.4, -0.2) is 24.6 Å². The summed E-state index contributed by atoms with van der Waals surface area (Å²) in [5.74, 6) is -0.217. The molecule has 1 unspecified atom stereocenters. The number of pyridine rings is 1. The van der Waals surface area contributed by atoms with Gasteiger partial charge in [-0.15, -0.1) is 0 Å². The summed E-state index contributed by atoms with van der Waals surface area (Å²) in [5, 5.41) is 3.35. The Kier molecular flexibility index (Phi) is 5.26. The van der Waals surface area contributed by atoms with E-state index >= 15 is 0 Å². The largest absolute Gasteiger partial charge is 0.469 e. The van der Waals surface area contributed by atoms with Crippen molar-refractivity contribution in [1.29, 1.82) is 0 Å². The van der Waals surface area contributed by atoms with Gasteiger partial charge in [-0.25, -0.2) is 0 Å². The fourth-order valence-electron chi connectivity index (χ4n) is 2.01. The number of ether oxygens (including phenoxy) is 1. The van der Waals surface area contributed by atoms with Gasteiger partial charge in [-0.05, 0) is 17.7 Å². The molecule has 0 radical (unpaired) electrons. The molecule has 104 valence electrons.